The second-order valence-corrected chi connectivity index (χ2v) is 10.6. The largest absolute Gasteiger partial charge is 0.256 e. The first-order valence-electron chi connectivity index (χ1n) is 14.1. The van der Waals surface area contributed by atoms with Crippen molar-refractivity contribution in [3.05, 3.63) is 152 Å². The van der Waals surface area contributed by atoms with E-state index in [1.54, 1.807) is 0 Å². The van der Waals surface area contributed by atoms with Gasteiger partial charge in [0.2, 0.25) is 0 Å². The summed E-state index contributed by atoms with van der Waals surface area (Å²) < 4.78 is 0. The molecule has 8 aromatic rings. The summed E-state index contributed by atoms with van der Waals surface area (Å²) in [5, 5.41) is 5.90. The van der Waals surface area contributed by atoms with Gasteiger partial charge in [0.25, 0.3) is 0 Å². The molecule has 0 saturated carbocycles. The summed E-state index contributed by atoms with van der Waals surface area (Å²) in [4.78, 5) is 14.8. The summed E-state index contributed by atoms with van der Waals surface area (Å²) in [6.45, 7) is 0. The number of benzene rings is 6. The van der Waals surface area contributed by atoms with Gasteiger partial charge in [-0.05, 0) is 69.1 Å². The molecule has 0 aliphatic rings. The van der Waals surface area contributed by atoms with Gasteiger partial charge in [-0.25, -0.2) is 9.97 Å². The van der Waals surface area contributed by atoms with Gasteiger partial charge in [-0.1, -0.05) is 109 Å². The summed E-state index contributed by atoms with van der Waals surface area (Å²) in [5.41, 5.74) is 8.12. The molecule has 42 heavy (non-hydrogen) atoms. The van der Waals surface area contributed by atoms with Crippen molar-refractivity contribution in [3.63, 3.8) is 0 Å². The molecule has 0 aliphatic heterocycles. The van der Waals surface area contributed by atoms with Gasteiger partial charge in [0, 0.05) is 28.3 Å². The van der Waals surface area contributed by atoms with Gasteiger partial charge >= 0.3 is 0 Å². The fourth-order valence-electron chi connectivity index (χ4n) is 5.65. The van der Waals surface area contributed by atoms with Crippen LogP contribution in [0.1, 0.15) is 0 Å². The lowest BCUT2D eigenvalue weighted by atomic mass is 9.99. The molecule has 2 aromatic heterocycles. The minimum atomic E-state index is 0.710. The maximum atomic E-state index is 5.13. The Morgan fingerprint density at radius 1 is 0.333 bits per heavy atom. The van der Waals surface area contributed by atoms with Crippen LogP contribution in [0.25, 0.3) is 77.5 Å². The summed E-state index contributed by atoms with van der Waals surface area (Å²) in [6.07, 6.45) is 1.84. The molecule has 6 aromatic carbocycles. The van der Waals surface area contributed by atoms with E-state index in [1.165, 1.54) is 21.5 Å². The molecule has 3 nitrogen and oxygen atoms in total. The predicted octanol–water partition coefficient (Wildman–Crippen LogP) is 10.00. The third-order valence-electron chi connectivity index (χ3n) is 7.88. The molecule has 3 heteroatoms. The van der Waals surface area contributed by atoms with Gasteiger partial charge in [0.1, 0.15) is 0 Å². The smallest absolute Gasteiger partial charge is 0.160 e. The molecule has 0 atom stereocenters. The standard InChI is InChI=1S/C39H25N3/c1-3-9-29-21-34(18-14-26(29)7-1)38-25-37(41-39(42-38)35-19-15-27-8-2-4-10-30(27)23-35)33-12-5-11-31(22-33)32-17-16-28-13-6-20-40-36(28)24-32/h1-25H. The molecule has 0 fully saturated rings. The molecule has 0 amide bonds. The van der Waals surface area contributed by atoms with Crippen LogP contribution in [0.2, 0.25) is 0 Å². The van der Waals surface area contributed by atoms with Crippen molar-refractivity contribution in [2.45, 2.75) is 0 Å². The van der Waals surface area contributed by atoms with Crippen LogP contribution >= 0.6 is 0 Å². The average molecular weight is 536 g/mol. The van der Waals surface area contributed by atoms with Gasteiger partial charge in [-0.15, -0.1) is 0 Å². The van der Waals surface area contributed by atoms with E-state index in [1.807, 2.05) is 12.3 Å². The average Bonchev–Trinajstić information content (AvgIpc) is 3.07. The lowest BCUT2D eigenvalue weighted by Crippen LogP contribution is -1.96. The van der Waals surface area contributed by atoms with Crippen molar-refractivity contribution in [2.24, 2.45) is 0 Å². The van der Waals surface area contributed by atoms with E-state index in [0.717, 1.165) is 50.1 Å². The number of aromatic nitrogens is 3. The first-order valence-corrected chi connectivity index (χ1v) is 14.1. The molecule has 0 aliphatic carbocycles. The van der Waals surface area contributed by atoms with E-state index in [0.29, 0.717) is 5.82 Å². The summed E-state index contributed by atoms with van der Waals surface area (Å²) >= 11 is 0. The Hall–Kier alpha value is -5.67. The van der Waals surface area contributed by atoms with Gasteiger partial charge in [0.15, 0.2) is 5.82 Å². The number of rotatable bonds is 4. The highest BCUT2D eigenvalue weighted by Crippen LogP contribution is 2.32. The van der Waals surface area contributed by atoms with Crippen LogP contribution < -0.4 is 0 Å². The SMILES string of the molecule is c1cc(-c2ccc3cccnc3c2)cc(-c2cc(-c3ccc4ccccc4c3)nc(-c3ccc4ccccc4c3)n2)c1. The molecule has 196 valence electrons. The zero-order valence-corrected chi connectivity index (χ0v) is 22.8. The highest BCUT2D eigenvalue weighted by atomic mass is 14.9. The van der Waals surface area contributed by atoms with Crippen LogP contribution in [-0.4, -0.2) is 15.0 Å². The molecule has 0 N–H and O–H groups in total. The van der Waals surface area contributed by atoms with Crippen molar-refractivity contribution in [1.82, 2.24) is 15.0 Å². The van der Waals surface area contributed by atoms with E-state index in [2.05, 4.69) is 145 Å². The van der Waals surface area contributed by atoms with Crippen LogP contribution in [0.15, 0.2) is 152 Å². The minimum absolute atomic E-state index is 0.710. The van der Waals surface area contributed by atoms with E-state index in [4.69, 9.17) is 9.97 Å². The summed E-state index contributed by atoms with van der Waals surface area (Å²) in [6, 6.07) is 51.0. The second kappa shape index (κ2) is 10.1. The van der Waals surface area contributed by atoms with E-state index in [-0.39, 0.29) is 0 Å². The highest BCUT2D eigenvalue weighted by Gasteiger charge is 2.13. The first kappa shape index (κ1) is 24.2. The minimum Gasteiger partial charge on any atom is -0.256 e. The summed E-state index contributed by atoms with van der Waals surface area (Å²) in [5.74, 6) is 0.710. The van der Waals surface area contributed by atoms with E-state index < -0.39 is 0 Å². The van der Waals surface area contributed by atoms with Gasteiger partial charge in [0.05, 0.1) is 16.9 Å². The molecule has 8 rings (SSSR count). The number of nitrogens with zero attached hydrogens (tertiary/aromatic N) is 3. The number of hydrogen-bond donors (Lipinski definition) is 0. The number of pyridine rings is 1. The Morgan fingerprint density at radius 3 is 1.64 bits per heavy atom. The lowest BCUT2D eigenvalue weighted by Gasteiger charge is -2.12. The zero-order chi connectivity index (χ0) is 27.9. The molecule has 0 spiro atoms. The molecular weight excluding hydrogens is 510 g/mol. The second-order valence-electron chi connectivity index (χ2n) is 10.6. The first-order chi connectivity index (χ1) is 20.8. The Balaban J connectivity index is 1.29. The van der Waals surface area contributed by atoms with Crippen LogP contribution in [-0.2, 0) is 0 Å². The Labute approximate surface area is 243 Å². The lowest BCUT2D eigenvalue weighted by molar-refractivity contribution is 1.18. The van der Waals surface area contributed by atoms with Crippen molar-refractivity contribution >= 4 is 32.4 Å². The topological polar surface area (TPSA) is 38.7 Å². The van der Waals surface area contributed by atoms with Gasteiger partial charge in [-0.3, -0.25) is 4.98 Å². The molecule has 2 heterocycles. The number of hydrogen-bond acceptors (Lipinski definition) is 3. The van der Waals surface area contributed by atoms with Crippen molar-refractivity contribution < 1.29 is 0 Å². The maximum Gasteiger partial charge on any atom is 0.160 e. The van der Waals surface area contributed by atoms with Crippen LogP contribution in [0.5, 0.6) is 0 Å². The molecule has 0 radical (unpaired) electrons. The fourth-order valence-corrected chi connectivity index (χ4v) is 5.65. The van der Waals surface area contributed by atoms with Crippen molar-refractivity contribution in [1.29, 1.82) is 0 Å². The molecular formula is C39H25N3. The monoisotopic (exact) mass is 535 g/mol. The third-order valence-corrected chi connectivity index (χ3v) is 7.88. The maximum absolute atomic E-state index is 5.13. The Morgan fingerprint density at radius 2 is 0.881 bits per heavy atom. The number of fused-ring (bicyclic) bond motifs is 3. The van der Waals surface area contributed by atoms with Crippen LogP contribution in [0.4, 0.5) is 0 Å². The molecule has 0 saturated heterocycles. The zero-order valence-electron chi connectivity index (χ0n) is 22.8. The van der Waals surface area contributed by atoms with Gasteiger partial charge in [-0.2, -0.15) is 0 Å². The Bertz CT molecular complexity index is 2170. The Kier molecular flexibility index (Phi) is 5.79. The third kappa shape index (κ3) is 4.47. The normalized spacial score (nSPS) is 11.3. The van der Waals surface area contributed by atoms with Crippen LogP contribution in [0.3, 0.4) is 0 Å². The van der Waals surface area contributed by atoms with Crippen LogP contribution in [0, 0.1) is 0 Å². The highest BCUT2D eigenvalue weighted by molar-refractivity contribution is 5.89. The van der Waals surface area contributed by atoms with Crippen molar-refractivity contribution in [2.75, 3.05) is 0 Å². The quantitative estimate of drug-likeness (QED) is 0.225. The van der Waals surface area contributed by atoms with E-state index >= 15 is 0 Å². The fraction of sp³-hybridized carbons (Fsp3) is 0. The van der Waals surface area contributed by atoms with Gasteiger partial charge < -0.3 is 0 Å². The molecule has 0 unspecified atom stereocenters. The summed E-state index contributed by atoms with van der Waals surface area (Å²) in [7, 11) is 0. The van der Waals surface area contributed by atoms with Crippen molar-refractivity contribution in [3.8, 4) is 45.0 Å². The predicted molar refractivity (Wildman–Crippen MR) is 174 cm³/mol. The van der Waals surface area contributed by atoms with E-state index in [9.17, 15) is 0 Å². The molecule has 0 bridgehead atoms.